The number of primary amides is 2. The average Bonchev–Trinajstić information content (AvgIpc) is 2.86. The molecule has 0 rings (SSSR count). The minimum Gasteiger partial charge on any atom is -0.480 e. The van der Waals surface area contributed by atoms with Gasteiger partial charge in [0.1, 0.15) is 48.8 Å². The second-order valence-corrected chi connectivity index (χ2v) is 8.68. The van der Waals surface area contributed by atoms with Crippen molar-refractivity contribution in [3.05, 3.63) is 0 Å². The van der Waals surface area contributed by atoms with Crippen LogP contribution in [0.25, 0.3) is 0 Å². The van der Waals surface area contributed by atoms with Crippen molar-refractivity contribution in [1.29, 1.82) is 0 Å². The third-order valence-electron chi connectivity index (χ3n) is 5.60. The SMILES string of the molecule is CCC(NC(=O)CCC(NC(=O)C(C)C(O[C@@H]([C@H](O)[C@H](O)CO)[C@H](C=O)NC(C)=O)C(N)=O)C(N)=O)C(=O)O. The molecule has 17 heteroatoms. The van der Waals surface area contributed by atoms with E-state index in [1.54, 1.807) is 0 Å². The molecule has 0 aromatic carbocycles. The van der Waals surface area contributed by atoms with Crippen LogP contribution in [0.1, 0.15) is 40.0 Å². The van der Waals surface area contributed by atoms with E-state index < -0.39 is 97.0 Å². The van der Waals surface area contributed by atoms with Gasteiger partial charge in [-0.05, 0) is 12.8 Å². The van der Waals surface area contributed by atoms with Gasteiger partial charge in [-0.1, -0.05) is 13.8 Å². The number of nitrogens with one attached hydrogen (secondary N) is 3. The van der Waals surface area contributed by atoms with Gasteiger partial charge in [0, 0.05) is 13.3 Å². The molecule has 17 nitrogen and oxygen atoms in total. The first kappa shape index (κ1) is 35.3. The largest absolute Gasteiger partial charge is 0.480 e. The van der Waals surface area contributed by atoms with E-state index in [1.807, 2.05) is 0 Å². The topological polar surface area (TPSA) is 298 Å². The smallest absolute Gasteiger partial charge is 0.326 e. The van der Waals surface area contributed by atoms with E-state index in [0.717, 1.165) is 13.8 Å². The quantitative estimate of drug-likeness (QED) is 0.0667. The number of aldehydes is 1. The van der Waals surface area contributed by atoms with E-state index >= 15 is 0 Å². The number of aliphatic hydroxyl groups is 3. The highest BCUT2D eigenvalue weighted by Crippen LogP contribution is 2.17. The van der Waals surface area contributed by atoms with Crippen molar-refractivity contribution in [2.24, 2.45) is 17.4 Å². The van der Waals surface area contributed by atoms with Gasteiger partial charge in [-0.15, -0.1) is 0 Å². The van der Waals surface area contributed by atoms with Crippen molar-refractivity contribution in [2.75, 3.05) is 6.61 Å². The number of ether oxygens (including phenoxy) is 1. The van der Waals surface area contributed by atoms with Gasteiger partial charge in [0.05, 0.1) is 12.5 Å². The molecule has 0 aliphatic rings. The van der Waals surface area contributed by atoms with E-state index in [4.69, 9.17) is 26.4 Å². The normalized spacial score (nSPS) is 17.2. The Morgan fingerprint density at radius 3 is 1.97 bits per heavy atom. The van der Waals surface area contributed by atoms with Crippen molar-refractivity contribution in [2.45, 2.75) is 82.6 Å². The van der Waals surface area contributed by atoms with Crippen LogP contribution in [-0.2, 0) is 38.3 Å². The third-order valence-corrected chi connectivity index (χ3v) is 5.60. The van der Waals surface area contributed by atoms with Gasteiger partial charge in [0.2, 0.25) is 29.5 Å². The van der Waals surface area contributed by atoms with E-state index in [9.17, 15) is 43.8 Å². The molecule has 0 saturated carbocycles. The van der Waals surface area contributed by atoms with Gasteiger partial charge in [0.25, 0.3) is 0 Å². The Balaban J connectivity index is 5.72. The van der Waals surface area contributed by atoms with Crippen molar-refractivity contribution in [3.63, 3.8) is 0 Å². The summed E-state index contributed by atoms with van der Waals surface area (Å²) in [7, 11) is 0. The summed E-state index contributed by atoms with van der Waals surface area (Å²) in [5.74, 6) is -7.62. The van der Waals surface area contributed by atoms with Crippen molar-refractivity contribution in [3.8, 4) is 0 Å². The molecule has 0 aliphatic heterocycles. The molecule has 5 amide bonds. The minimum atomic E-state index is -2.04. The number of carbonyl (C=O) groups is 7. The van der Waals surface area contributed by atoms with Crippen molar-refractivity contribution >= 4 is 41.8 Å². The zero-order chi connectivity index (χ0) is 30.4. The fourth-order valence-electron chi connectivity index (χ4n) is 3.34. The van der Waals surface area contributed by atoms with Crippen LogP contribution in [0.15, 0.2) is 0 Å². The number of carboxylic acid groups (broad SMARTS) is 1. The lowest BCUT2D eigenvalue weighted by Gasteiger charge is -2.34. The molecule has 0 aliphatic carbocycles. The number of hydrogen-bond donors (Lipinski definition) is 9. The Bertz CT molecular complexity index is 901. The highest BCUT2D eigenvalue weighted by Gasteiger charge is 2.40. The number of carboxylic acids is 1. The van der Waals surface area contributed by atoms with Gasteiger partial charge >= 0.3 is 5.97 Å². The molecule has 0 heterocycles. The number of amides is 5. The number of nitrogens with two attached hydrogens (primary N) is 2. The molecule has 8 atom stereocenters. The van der Waals surface area contributed by atoms with Crippen molar-refractivity contribution < 1.29 is 58.7 Å². The number of aliphatic hydroxyl groups excluding tert-OH is 3. The summed E-state index contributed by atoms with van der Waals surface area (Å²) >= 11 is 0. The molecular weight excluding hydrogens is 526 g/mol. The Hall–Kier alpha value is -3.67. The Morgan fingerprint density at radius 2 is 1.56 bits per heavy atom. The standard InChI is InChI=1S/C22H37N5O12/c1-4-11(22(37)38)26-15(32)6-5-12(19(23)34)27-21(36)9(2)17(20(24)35)39-18(16(33)14(31)8-29)13(7-28)25-10(3)30/h7,9,11-14,16-18,29,31,33H,4-6,8H2,1-3H3,(H2,23,34)(H2,24,35)(H,25,30)(H,26,32)(H,27,36)(H,37,38)/t9?,11?,12?,13-,14+,16+,17?,18+/m0/s1. The molecule has 0 bridgehead atoms. The van der Waals surface area contributed by atoms with Gasteiger partial charge in [-0.25, -0.2) is 4.79 Å². The monoisotopic (exact) mass is 563 g/mol. The first-order valence-corrected chi connectivity index (χ1v) is 11.9. The summed E-state index contributed by atoms with van der Waals surface area (Å²) in [5.41, 5.74) is 10.6. The highest BCUT2D eigenvalue weighted by molar-refractivity contribution is 5.92. The molecule has 0 aromatic rings. The molecule has 39 heavy (non-hydrogen) atoms. The maximum atomic E-state index is 12.8. The first-order chi connectivity index (χ1) is 18.1. The summed E-state index contributed by atoms with van der Waals surface area (Å²) < 4.78 is 5.41. The second kappa shape index (κ2) is 17.0. The van der Waals surface area contributed by atoms with Gasteiger partial charge in [-0.3, -0.25) is 24.0 Å². The summed E-state index contributed by atoms with van der Waals surface area (Å²) in [5, 5.41) is 45.0. The lowest BCUT2D eigenvalue weighted by molar-refractivity contribution is -0.167. The predicted octanol–water partition coefficient (Wildman–Crippen LogP) is -4.99. The first-order valence-electron chi connectivity index (χ1n) is 11.9. The molecular formula is C22H37N5O12. The number of rotatable bonds is 19. The van der Waals surface area contributed by atoms with E-state index in [0.29, 0.717) is 0 Å². The Morgan fingerprint density at radius 1 is 0.974 bits per heavy atom. The Kier molecular flexibility index (Phi) is 15.4. The molecule has 0 radical (unpaired) electrons. The zero-order valence-electron chi connectivity index (χ0n) is 21.7. The van der Waals surface area contributed by atoms with Crippen LogP contribution in [0, 0.1) is 5.92 Å². The molecule has 0 spiro atoms. The van der Waals surface area contributed by atoms with Crippen LogP contribution in [0.5, 0.6) is 0 Å². The zero-order valence-corrected chi connectivity index (χ0v) is 21.7. The van der Waals surface area contributed by atoms with Crippen LogP contribution in [0.3, 0.4) is 0 Å². The van der Waals surface area contributed by atoms with Crippen LogP contribution < -0.4 is 27.4 Å². The highest BCUT2D eigenvalue weighted by atomic mass is 16.5. The molecule has 0 aromatic heterocycles. The van der Waals surface area contributed by atoms with Crippen LogP contribution in [-0.4, -0.2) is 111 Å². The maximum absolute atomic E-state index is 12.8. The predicted molar refractivity (Wildman–Crippen MR) is 130 cm³/mol. The van der Waals surface area contributed by atoms with E-state index in [1.165, 1.54) is 6.92 Å². The fraction of sp³-hybridized carbons (Fsp3) is 0.682. The maximum Gasteiger partial charge on any atom is 0.326 e. The lowest BCUT2D eigenvalue weighted by Crippen LogP contribution is -2.58. The molecule has 11 N–H and O–H groups in total. The summed E-state index contributed by atoms with van der Waals surface area (Å²) in [4.78, 5) is 83.0. The van der Waals surface area contributed by atoms with Crippen LogP contribution in [0.4, 0.5) is 0 Å². The van der Waals surface area contributed by atoms with E-state index in [2.05, 4.69) is 16.0 Å². The number of carbonyl (C=O) groups excluding carboxylic acids is 6. The number of aliphatic carboxylic acids is 1. The Labute approximate surface area is 223 Å². The summed E-state index contributed by atoms with van der Waals surface area (Å²) in [6, 6.07) is -4.25. The number of hydrogen-bond acceptors (Lipinski definition) is 11. The van der Waals surface area contributed by atoms with Gasteiger partial charge < -0.3 is 57.4 Å². The van der Waals surface area contributed by atoms with Crippen LogP contribution >= 0.6 is 0 Å². The second-order valence-electron chi connectivity index (χ2n) is 8.68. The fourth-order valence-corrected chi connectivity index (χ4v) is 3.34. The lowest BCUT2D eigenvalue weighted by atomic mass is 9.98. The summed E-state index contributed by atoms with van der Waals surface area (Å²) in [6.45, 7) is 2.70. The average molecular weight is 564 g/mol. The van der Waals surface area contributed by atoms with E-state index in [-0.39, 0.29) is 19.1 Å². The van der Waals surface area contributed by atoms with Gasteiger partial charge in [0.15, 0.2) is 0 Å². The molecule has 4 unspecified atom stereocenters. The van der Waals surface area contributed by atoms with Crippen molar-refractivity contribution in [1.82, 2.24) is 16.0 Å². The van der Waals surface area contributed by atoms with Crippen LogP contribution in [0.2, 0.25) is 0 Å². The van der Waals surface area contributed by atoms with Gasteiger partial charge in [-0.2, -0.15) is 0 Å². The minimum absolute atomic E-state index is 0.0982. The molecule has 0 fully saturated rings. The third kappa shape index (κ3) is 11.7. The molecule has 0 saturated heterocycles. The molecule has 222 valence electrons. The summed E-state index contributed by atoms with van der Waals surface area (Å²) in [6.07, 6.45) is -8.19.